The molecule has 0 heterocycles. The lowest BCUT2D eigenvalue weighted by molar-refractivity contribution is -0.187. The first-order valence-electron chi connectivity index (χ1n) is 7.23. The third-order valence-corrected chi connectivity index (χ3v) is 3.82. The molecule has 1 rings (SSSR count). The van der Waals surface area contributed by atoms with E-state index in [2.05, 4.69) is 0 Å². The molecular formula is C14H22F3NO3. The maximum absolute atomic E-state index is 12.7. The Kier molecular flexibility index (Phi) is 6.48. The fraction of sp³-hybridized carbons (Fsp3) is 0.857. The van der Waals surface area contributed by atoms with E-state index >= 15 is 0 Å². The van der Waals surface area contributed by atoms with Gasteiger partial charge in [-0.15, -0.1) is 0 Å². The van der Waals surface area contributed by atoms with Gasteiger partial charge in [-0.1, -0.05) is 6.42 Å². The molecule has 1 saturated carbocycles. The Balaban J connectivity index is 2.48. The zero-order valence-corrected chi connectivity index (χ0v) is 12.4. The molecule has 7 heteroatoms. The van der Waals surface area contributed by atoms with Gasteiger partial charge in [0.15, 0.2) is 0 Å². The van der Waals surface area contributed by atoms with E-state index in [4.69, 9.17) is 4.74 Å². The fourth-order valence-corrected chi connectivity index (χ4v) is 2.63. The van der Waals surface area contributed by atoms with Crippen LogP contribution in [-0.4, -0.2) is 43.2 Å². The number of hydrogen-bond acceptors (Lipinski definition) is 3. The molecule has 122 valence electrons. The van der Waals surface area contributed by atoms with E-state index in [9.17, 15) is 22.8 Å². The Morgan fingerprint density at radius 1 is 1.29 bits per heavy atom. The predicted molar refractivity (Wildman–Crippen MR) is 70.4 cm³/mol. The molecule has 0 aromatic rings. The molecule has 0 spiro atoms. The average Bonchev–Trinajstić information content (AvgIpc) is 2.43. The van der Waals surface area contributed by atoms with Gasteiger partial charge in [0.1, 0.15) is 0 Å². The van der Waals surface area contributed by atoms with Crippen molar-refractivity contribution in [2.24, 2.45) is 11.8 Å². The van der Waals surface area contributed by atoms with Crippen molar-refractivity contribution in [3.8, 4) is 0 Å². The highest BCUT2D eigenvalue weighted by molar-refractivity contribution is 5.79. The van der Waals surface area contributed by atoms with Crippen LogP contribution in [0, 0.1) is 11.8 Å². The molecule has 1 fully saturated rings. The number of amides is 1. The first-order chi connectivity index (χ1) is 9.75. The monoisotopic (exact) mass is 309 g/mol. The summed E-state index contributed by atoms with van der Waals surface area (Å²) in [5.41, 5.74) is 0. The minimum absolute atomic E-state index is 0.0610. The smallest absolute Gasteiger partial charge is 0.391 e. The van der Waals surface area contributed by atoms with Gasteiger partial charge in [0.2, 0.25) is 5.91 Å². The number of halogens is 3. The van der Waals surface area contributed by atoms with Crippen LogP contribution in [0.5, 0.6) is 0 Å². The van der Waals surface area contributed by atoms with Gasteiger partial charge in [-0.2, -0.15) is 13.2 Å². The molecule has 0 aromatic heterocycles. The predicted octanol–water partition coefficient (Wildman–Crippen LogP) is 2.77. The highest BCUT2D eigenvalue weighted by atomic mass is 19.4. The molecular weight excluding hydrogens is 287 g/mol. The zero-order valence-electron chi connectivity index (χ0n) is 12.4. The van der Waals surface area contributed by atoms with Gasteiger partial charge >= 0.3 is 12.1 Å². The van der Waals surface area contributed by atoms with Gasteiger partial charge in [-0.3, -0.25) is 9.59 Å². The zero-order chi connectivity index (χ0) is 16.0. The van der Waals surface area contributed by atoms with Crippen LogP contribution < -0.4 is 0 Å². The Bertz CT molecular complexity index is 371. The number of nitrogens with zero attached hydrogens (tertiary/aromatic N) is 1. The van der Waals surface area contributed by atoms with Crippen molar-refractivity contribution in [3.63, 3.8) is 0 Å². The first kappa shape index (κ1) is 17.8. The molecule has 1 aliphatic rings. The summed E-state index contributed by atoms with van der Waals surface area (Å²) in [6.45, 7) is 2.13. The van der Waals surface area contributed by atoms with Crippen molar-refractivity contribution in [2.45, 2.75) is 45.2 Å². The summed E-state index contributed by atoms with van der Waals surface area (Å²) in [6, 6.07) is 0. The van der Waals surface area contributed by atoms with Crippen molar-refractivity contribution in [3.05, 3.63) is 0 Å². The Labute approximate surface area is 122 Å². The number of rotatable bonds is 5. The van der Waals surface area contributed by atoms with Gasteiger partial charge in [0.25, 0.3) is 0 Å². The van der Waals surface area contributed by atoms with Gasteiger partial charge in [0, 0.05) is 19.5 Å². The topological polar surface area (TPSA) is 46.6 Å². The maximum atomic E-state index is 12.7. The van der Waals surface area contributed by atoms with Crippen LogP contribution in [0.2, 0.25) is 0 Å². The van der Waals surface area contributed by atoms with E-state index in [1.807, 2.05) is 0 Å². The number of esters is 1. The van der Waals surface area contributed by atoms with E-state index in [0.717, 1.165) is 0 Å². The Hall–Kier alpha value is -1.27. The van der Waals surface area contributed by atoms with E-state index in [1.165, 1.54) is 11.9 Å². The van der Waals surface area contributed by atoms with Crippen LogP contribution in [0.4, 0.5) is 13.2 Å². The lowest BCUT2D eigenvalue weighted by Gasteiger charge is -2.32. The van der Waals surface area contributed by atoms with E-state index in [0.29, 0.717) is 12.8 Å². The molecule has 0 saturated heterocycles. The summed E-state index contributed by atoms with van der Waals surface area (Å²) in [4.78, 5) is 24.7. The minimum atomic E-state index is -4.23. The van der Waals surface area contributed by atoms with E-state index < -0.39 is 24.0 Å². The molecule has 21 heavy (non-hydrogen) atoms. The Morgan fingerprint density at radius 3 is 2.52 bits per heavy atom. The van der Waals surface area contributed by atoms with Gasteiger partial charge < -0.3 is 9.64 Å². The largest absolute Gasteiger partial charge is 0.466 e. The molecule has 2 unspecified atom stereocenters. The molecule has 0 aromatic carbocycles. The second kappa shape index (κ2) is 7.66. The number of carbonyl (C=O) groups excluding carboxylic acids is 2. The lowest BCUT2D eigenvalue weighted by Crippen LogP contribution is -2.39. The second-order valence-electron chi connectivity index (χ2n) is 5.42. The molecule has 0 aliphatic heterocycles. The third kappa shape index (κ3) is 5.55. The number of carbonyl (C=O) groups is 2. The standard InChI is InChI=1S/C14H22F3NO3/c1-3-21-12(19)7-8-18(2)13(20)10-5-4-6-11(9-10)14(15,16)17/h10-11H,3-9H2,1-2H3. The second-order valence-corrected chi connectivity index (χ2v) is 5.42. The highest BCUT2D eigenvalue weighted by Gasteiger charge is 2.43. The first-order valence-corrected chi connectivity index (χ1v) is 7.23. The van der Waals surface area contributed by atoms with Crippen molar-refractivity contribution in [1.29, 1.82) is 0 Å². The molecule has 1 amide bonds. The summed E-state index contributed by atoms with van der Waals surface area (Å²) in [7, 11) is 1.51. The molecule has 0 bridgehead atoms. The number of ether oxygens (including phenoxy) is 1. The molecule has 0 N–H and O–H groups in total. The van der Waals surface area contributed by atoms with Crippen LogP contribution >= 0.6 is 0 Å². The fourth-order valence-electron chi connectivity index (χ4n) is 2.63. The van der Waals surface area contributed by atoms with Crippen molar-refractivity contribution >= 4 is 11.9 Å². The summed E-state index contributed by atoms with van der Waals surface area (Å²) < 4.78 is 42.9. The number of hydrogen-bond donors (Lipinski definition) is 0. The van der Waals surface area contributed by atoms with E-state index in [-0.39, 0.29) is 38.3 Å². The summed E-state index contributed by atoms with van der Waals surface area (Å²) in [5.74, 6) is -2.71. The van der Waals surface area contributed by atoms with E-state index in [1.54, 1.807) is 6.92 Å². The van der Waals surface area contributed by atoms with Crippen molar-refractivity contribution < 1.29 is 27.5 Å². The third-order valence-electron chi connectivity index (χ3n) is 3.82. The van der Waals surface area contributed by atoms with Crippen LogP contribution in [0.1, 0.15) is 39.0 Å². The molecule has 1 aliphatic carbocycles. The van der Waals surface area contributed by atoms with Crippen LogP contribution in [0.15, 0.2) is 0 Å². The normalized spacial score (nSPS) is 22.7. The van der Waals surface area contributed by atoms with Crippen LogP contribution in [0.3, 0.4) is 0 Å². The maximum Gasteiger partial charge on any atom is 0.391 e. The molecule has 2 atom stereocenters. The highest BCUT2D eigenvalue weighted by Crippen LogP contribution is 2.40. The summed E-state index contributed by atoms with van der Waals surface area (Å²) >= 11 is 0. The van der Waals surface area contributed by atoms with Crippen molar-refractivity contribution in [2.75, 3.05) is 20.2 Å². The average molecular weight is 309 g/mol. The minimum Gasteiger partial charge on any atom is -0.466 e. The van der Waals surface area contributed by atoms with Crippen LogP contribution in [-0.2, 0) is 14.3 Å². The number of alkyl halides is 3. The molecule has 4 nitrogen and oxygen atoms in total. The van der Waals surface area contributed by atoms with Crippen molar-refractivity contribution in [1.82, 2.24) is 4.90 Å². The lowest BCUT2D eigenvalue weighted by atomic mass is 9.80. The molecule has 0 radical (unpaired) electrons. The van der Waals surface area contributed by atoms with Gasteiger partial charge in [-0.25, -0.2) is 0 Å². The summed E-state index contributed by atoms with van der Waals surface area (Å²) in [5, 5.41) is 0. The Morgan fingerprint density at radius 2 is 1.95 bits per heavy atom. The van der Waals surface area contributed by atoms with Gasteiger partial charge in [0.05, 0.1) is 18.9 Å². The quantitative estimate of drug-likeness (QED) is 0.734. The van der Waals surface area contributed by atoms with Crippen LogP contribution in [0.25, 0.3) is 0 Å². The summed E-state index contributed by atoms with van der Waals surface area (Å²) in [6.07, 6.45) is -3.33. The SMILES string of the molecule is CCOC(=O)CCN(C)C(=O)C1CCCC(C(F)(F)F)C1. The van der Waals surface area contributed by atoms with Gasteiger partial charge in [-0.05, 0) is 26.2 Å².